The average molecular weight is 475 g/mol. The Morgan fingerprint density at radius 2 is 1.83 bits per heavy atom. The first kappa shape index (κ1) is 22.0. The van der Waals surface area contributed by atoms with Crippen molar-refractivity contribution in [1.82, 2.24) is 19.7 Å². The van der Waals surface area contributed by atoms with E-state index in [1.165, 1.54) is 0 Å². The summed E-state index contributed by atoms with van der Waals surface area (Å²) in [7, 11) is 1.84. The maximum atomic E-state index is 12.4. The van der Waals surface area contributed by atoms with Crippen LogP contribution in [0.25, 0.3) is 44.5 Å². The number of nitrogen functional groups attached to an aromatic ring is 1. The summed E-state index contributed by atoms with van der Waals surface area (Å²) in [5.74, 6) is 0.142. The van der Waals surface area contributed by atoms with E-state index < -0.39 is 0 Å². The van der Waals surface area contributed by atoms with Crippen molar-refractivity contribution < 1.29 is 4.79 Å². The Balaban J connectivity index is 1.47. The summed E-state index contributed by atoms with van der Waals surface area (Å²) in [6.07, 6.45) is 7.32. The fraction of sp³-hybridized carbons (Fsp3) is 0.172. The highest BCUT2D eigenvalue weighted by molar-refractivity contribution is 6.01. The smallest absolute Gasteiger partial charge is 0.227 e. The van der Waals surface area contributed by atoms with Gasteiger partial charge in [0.05, 0.1) is 17.1 Å². The van der Waals surface area contributed by atoms with E-state index in [9.17, 15) is 4.79 Å². The number of rotatable bonds is 5. The van der Waals surface area contributed by atoms with Crippen molar-refractivity contribution in [3.05, 3.63) is 78.8 Å². The third-order valence-electron chi connectivity index (χ3n) is 6.64. The minimum Gasteiger partial charge on any atom is -0.398 e. The third kappa shape index (κ3) is 3.98. The Labute approximate surface area is 209 Å². The lowest BCUT2D eigenvalue weighted by Crippen LogP contribution is -2.13. The van der Waals surface area contributed by atoms with Gasteiger partial charge in [0, 0.05) is 53.8 Å². The van der Waals surface area contributed by atoms with E-state index in [-0.39, 0.29) is 11.8 Å². The first-order chi connectivity index (χ1) is 17.5. The molecule has 3 N–H and O–H groups in total. The highest BCUT2D eigenvalue weighted by Crippen LogP contribution is 2.38. The molecule has 7 heteroatoms. The van der Waals surface area contributed by atoms with Crippen molar-refractivity contribution in [2.45, 2.75) is 19.8 Å². The molecule has 0 saturated heterocycles. The van der Waals surface area contributed by atoms with Gasteiger partial charge in [-0.2, -0.15) is 5.10 Å². The summed E-state index contributed by atoms with van der Waals surface area (Å²) in [6, 6.07) is 18.3. The monoisotopic (exact) mass is 474 g/mol. The molecule has 1 saturated carbocycles. The molecule has 1 amide bonds. The van der Waals surface area contributed by atoms with Gasteiger partial charge in [-0.3, -0.25) is 19.4 Å². The number of carbonyl (C=O) groups is 1. The van der Waals surface area contributed by atoms with Crippen LogP contribution in [0.3, 0.4) is 0 Å². The molecule has 3 aromatic heterocycles. The lowest BCUT2D eigenvalue weighted by Gasteiger charge is -2.14. The SMILES string of the molecule is Cc1ccnc(-c2ccccc2)c1-c1cc(N)c2cnc(-c3nn(C)cc3NC(=O)C3CC3)cc2c1. The summed E-state index contributed by atoms with van der Waals surface area (Å²) in [6.45, 7) is 2.09. The van der Waals surface area contributed by atoms with Crippen LogP contribution in [0.15, 0.2) is 73.2 Å². The van der Waals surface area contributed by atoms with E-state index in [1.807, 2.05) is 55.8 Å². The summed E-state index contributed by atoms with van der Waals surface area (Å²) < 4.78 is 1.69. The van der Waals surface area contributed by atoms with Crippen LogP contribution in [0.5, 0.6) is 0 Å². The summed E-state index contributed by atoms with van der Waals surface area (Å²) in [5.41, 5.74) is 14.3. The van der Waals surface area contributed by atoms with Gasteiger partial charge < -0.3 is 11.1 Å². The van der Waals surface area contributed by atoms with Crippen LogP contribution in [0.2, 0.25) is 0 Å². The van der Waals surface area contributed by atoms with Crippen LogP contribution in [-0.2, 0) is 11.8 Å². The highest BCUT2D eigenvalue weighted by Gasteiger charge is 2.30. The minimum atomic E-state index is 0.0389. The lowest BCUT2D eigenvalue weighted by atomic mass is 9.93. The van der Waals surface area contributed by atoms with Gasteiger partial charge in [0.25, 0.3) is 0 Å². The Morgan fingerprint density at radius 1 is 1.03 bits per heavy atom. The normalized spacial score (nSPS) is 13.2. The number of amides is 1. The maximum absolute atomic E-state index is 12.4. The first-order valence-corrected chi connectivity index (χ1v) is 12.0. The number of benzene rings is 2. The molecule has 2 aromatic carbocycles. The molecule has 36 heavy (non-hydrogen) atoms. The van der Waals surface area contributed by atoms with Gasteiger partial charge in [-0.15, -0.1) is 0 Å². The summed E-state index contributed by atoms with van der Waals surface area (Å²) in [5, 5.41) is 9.43. The van der Waals surface area contributed by atoms with Crippen molar-refractivity contribution in [2.24, 2.45) is 13.0 Å². The maximum Gasteiger partial charge on any atom is 0.227 e. The molecule has 0 radical (unpaired) electrons. The van der Waals surface area contributed by atoms with Crippen LogP contribution in [0.4, 0.5) is 11.4 Å². The molecule has 1 fully saturated rings. The van der Waals surface area contributed by atoms with Gasteiger partial charge in [-0.05, 0) is 60.5 Å². The highest BCUT2D eigenvalue weighted by atomic mass is 16.2. The number of pyridine rings is 2. The predicted octanol–water partition coefficient (Wildman–Crippen LogP) is 5.60. The molecule has 0 unspecified atom stereocenters. The number of aromatic nitrogens is 4. The quantitative estimate of drug-likeness (QED) is 0.323. The number of nitrogens with one attached hydrogen (secondary N) is 1. The van der Waals surface area contributed by atoms with Gasteiger partial charge >= 0.3 is 0 Å². The van der Waals surface area contributed by atoms with Crippen LogP contribution < -0.4 is 11.1 Å². The van der Waals surface area contributed by atoms with Crippen molar-refractivity contribution in [1.29, 1.82) is 0 Å². The van der Waals surface area contributed by atoms with Crippen LogP contribution >= 0.6 is 0 Å². The Morgan fingerprint density at radius 3 is 2.61 bits per heavy atom. The molecule has 7 nitrogen and oxygen atoms in total. The van der Waals surface area contributed by atoms with Crippen molar-refractivity contribution in [3.63, 3.8) is 0 Å². The number of nitrogens with zero attached hydrogens (tertiary/aromatic N) is 4. The Hall–Kier alpha value is -4.52. The predicted molar refractivity (Wildman–Crippen MR) is 143 cm³/mol. The molecule has 0 atom stereocenters. The topological polar surface area (TPSA) is 98.7 Å². The number of fused-ring (bicyclic) bond motifs is 1. The van der Waals surface area contributed by atoms with E-state index in [4.69, 9.17) is 10.7 Å². The number of aryl methyl sites for hydroxylation is 2. The van der Waals surface area contributed by atoms with Crippen LogP contribution in [0.1, 0.15) is 18.4 Å². The average Bonchev–Trinajstić information content (AvgIpc) is 3.67. The van der Waals surface area contributed by atoms with Gasteiger partial charge in [0.15, 0.2) is 0 Å². The molecule has 0 aliphatic heterocycles. The fourth-order valence-electron chi connectivity index (χ4n) is 4.65. The number of hydrogen-bond donors (Lipinski definition) is 2. The minimum absolute atomic E-state index is 0.0389. The van der Waals surface area contributed by atoms with Gasteiger partial charge in [-0.1, -0.05) is 30.3 Å². The molecule has 0 spiro atoms. The van der Waals surface area contributed by atoms with Gasteiger partial charge in [-0.25, -0.2) is 0 Å². The van der Waals surface area contributed by atoms with Crippen LogP contribution in [0, 0.1) is 12.8 Å². The molecule has 178 valence electrons. The lowest BCUT2D eigenvalue weighted by molar-refractivity contribution is -0.117. The van der Waals surface area contributed by atoms with E-state index in [0.717, 1.165) is 51.6 Å². The third-order valence-corrected chi connectivity index (χ3v) is 6.64. The zero-order valence-corrected chi connectivity index (χ0v) is 20.2. The van der Waals surface area contributed by atoms with Gasteiger partial charge in [0.2, 0.25) is 5.91 Å². The molecule has 1 aliphatic rings. The second-order valence-electron chi connectivity index (χ2n) is 9.40. The second kappa shape index (κ2) is 8.61. The Bertz CT molecular complexity index is 1620. The standard InChI is InChI=1S/C29H26N6O/c1-17-10-11-31-27(18-6-4-3-5-7-18)26(17)21-12-20-14-24(32-15-22(20)23(30)13-21)28-25(16-35(2)34-28)33-29(36)19-8-9-19/h3-7,10-16,19H,8-9,30H2,1-2H3,(H,33,36). The second-order valence-corrected chi connectivity index (χ2v) is 9.40. The van der Waals surface area contributed by atoms with E-state index >= 15 is 0 Å². The number of anilines is 2. The Kier molecular flexibility index (Phi) is 5.25. The molecule has 6 rings (SSSR count). The van der Waals surface area contributed by atoms with Crippen LogP contribution in [-0.4, -0.2) is 25.7 Å². The molecule has 3 heterocycles. The largest absolute Gasteiger partial charge is 0.398 e. The van der Waals surface area contributed by atoms with Crippen molar-refractivity contribution >= 4 is 28.1 Å². The van der Waals surface area contributed by atoms with E-state index in [1.54, 1.807) is 10.9 Å². The summed E-state index contributed by atoms with van der Waals surface area (Å²) >= 11 is 0. The molecular formula is C29H26N6O. The fourth-order valence-corrected chi connectivity index (χ4v) is 4.65. The van der Waals surface area contributed by atoms with E-state index in [0.29, 0.717) is 22.8 Å². The zero-order chi connectivity index (χ0) is 24.8. The zero-order valence-electron chi connectivity index (χ0n) is 20.2. The summed E-state index contributed by atoms with van der Waals surface area (Å²) in [4.78, 5) is 21.8. The van der Waals surface area contributed by atoms with Crippen molar-refractivity contribution in [2.75, 3.05) is 11.1 Å². The number of carbonyl (C=O) groups excluding carboxylic acids is 1. The molecular weight excluding hydrogens is 448 g/mol. The number of hydrogen-bond acceptors (Lipinski definition) is 5. The molecule has 1 aliphatic carbocycles. The van der Waals surface area contributed by atoms with Crippen molar-refractivity contribution in [3.8, 4) is 33.8 Å². The first-order valence-electron chi connectivity index (χ1n) is 12.0. The van der Waals surface area contributed by atoms with Gasteiger partial charge in [0.1, 0.15) is 5.69 Å². The van der Waals surface area contributed by atoms with E-state index in [2.05, 4.69) is 40.5 Å². The molecule has 5 aromatic rings. The molecule has 0 bridgehead atoms. The number of nitrogens with two attached hydrogens (primary N) is 1.